The number of nitrogens with zero attached hydrogens (tertiary/aromatic N) is 4. The van der Waals surface area contributed by atoms with E-state index in [1.165, 1.54) is 11.3 Å². The molecule has 4 rings (SSSR count). The Labute approximate surface area is 187 Å². The fourth-order valence-corrected chi connectivity index (χ4v) is 4.71. The average Bonchev–Trinajstić information content (AvgIpc) is 3.21. The number of ether oxygens (including phenoxy) is 1. The summed E-state index contributed by atoms with van der Waals surface area (Å²) in [4.78, 5) is 31.4. The van der Waals surface area contributed by atoms with E-state index in [4.69, 9.17) is 16.3 Å². The summed E-state index contributed by atoms with van der Waals surface area (Å²) in [6.45, 7) is 5.68. The van der Waals surface area contributed by atoms with Gasteiger partial charge in [-0.1, -0.05) is 35.1 Å². The summed E-state index contributed by atoms with van der Waals surface area (Å²) in [6.07, 6.45) is 3.54. The molecule has 1 aliphatic heterocycles. The number of aromatic nitrogens is 3. The van der Waals surface area contributed by atoms with Crippen LogP contribution in [0.4, 0.5) is 0 Å². The molecule has 9 heteroatoms. The zero-order valence-electron chi connectivity index (χ0n) is 17.5. The van der Waals surface area contributed by atoms with Crippen molar-refractivity contribution in [1.82, 2.24) is 14.3 Å². The van der Waals surface area contributed by atoms with Gasteiger partial charge in [0.2, 0.25) is 0 Å². The minimum absolute atomic E-state index is 0.221. The molecule has 1 unspecified atom stereocenters. The molecule has 0 radical (unpaired) electrons. The standard InChI is InChI=1S/C22H21ClN4O3S/c1-5-30-21(29)18-12(2)25-22-27(19(18)14-6-8-16(23)9-7-14)20(28)17(31-22)10-15-11-24-26(4)13(15)3/h6-11,19H,5H2,1-4H3. The van der Waals surface area contributed by atoms with Gasteiger partial charge in [-0.2, -0.15) is 5.10 Å². The van der Waals surface area contributed by atoms with Crippen molar-refractivity contribution in [3.8, 4) is 0 Å². The molecule has 3 aromatic rings. The molecule has 0 aliphatic carbocycles. The number of thiazole rings is 1. The second kappa shape index (κ2) is 8.28. The van der Waals surface area contributed by atoms with Gasteiger partial charge in [0.25, 0.3) is 5.56 Å². The Morgan fingerprint density at radius 1 is 1.29 bits per heavy atom. The van der Waals surface area contributed by atoms with E-state index in [0.29, 0.717) is 25.6 Å². The van der Waals surface area contributed by atoms with E-state index < -0.39 is 12.0 Å². The zero-order chi connectivity index (χ0) is 22.3. The normalized spacial score (nSPS) is 16.3. The topological polar surface area (TPSA) is 78.5 Å². The summed E-state index contributed by atoms with van der Waals surface area (Å²) >= 11 is 7.36. The minimum Gasteiger partial charge on any atom is -0.463 e. The Bertz CT molecular complexity index is 1380. The molecule has 0 bridgehead atoms. The fraction of sp³-hybridized carbons (Fsp3) is 0.273. The molecule has 160 valence electrons. The van der Waals surface area contributed by atoms with Crippen LogP contribution in [0.2, 0.25) is 5.02 Å². The third-order valence-electron chi connectivity index (χ3n) is 5.26. The number of carbonyl (C=O) groups excluding carboxylic acids is 1. The highest BCUT2D eigenvalue weighted by Crippen LogP contribution is 2.31. The maximum atomic E-state index is 13.5. The number of aryl methyl sites for hydroxylation is 1. The summed E-state index contributed by atoms with van der Waals surface area (Å²) in [5, 5.41) is 4.81. The van der Waals surface area contributed by atoms with Crippen molar-refractivity contribution in [3.63, 3.8) is 0 Å². The SMILES string of the molecule is CCOC(=O)C1=C(C)N=c2sc(=Cc3cnn(C)c3C)c(=O)n2C1c1ccc(Cl)cc1. The zero-order valence-corrected chi connectivity index (χ0v) is 19.1. The number of hydrogen-bond acceptors (Lipinski definition) is 6. The summed E-state index contributed by atoms with van der Waals surface area (Å²) in [5.41, 5.74) is 3.22. The van der Waals surface area contributed by atoms with Gasteiger partial charge in [0.1, 0.15) is 0 Å². The monoisotopic (exact) mass is 456 g/mol. The van der Waals surface area contributed by atoms with Crippen LogP contribution in [0, 0.1) is 6.92 Å². The minimum atomic E-state index is -0.648. The van der Waals surface area contributed by atoms with Gasteiger partial charge in [0.15, 0.2) is 4.80 Å². The Morgan fingerprint density at radius 2 is 2.00 bits per heavy atom. The molecule has 2 aromatic heterocycles. The maximum absolute atomic E-state index is 13.5. The van der Waals surface area contributed by atoms with Gasteiger partial charge in [-0.05, 0) is 44.5 Å². The molecule has 3 heterocycles. The van der Waals surface area contributed by atoms with Crippen molar-refractivity contribution in [2.45, 2.75) is 26.8 Å². The van der Waals surface area contributed by atoms with Crippen LogP contribution in [0.3, 0.4) is 0 Å². The Morgan fingerprint density at radius 3 is 2.61 bits per heavy atom. The predicted molar refractivity (Wildman–Crippen MR) is 120 cm³/mol. The van der Waals surface area contributed by atoms with E-state index in [1.54, 1.807) is 41.4 Å². The molecule has 0 saturated carbocycles. The molecule has 0 N–H and O–H groups in total. The number of esters is 1. The quantitative estimate of drug-likeness (QED) is 0.565. The second-order valence-electron chi connectivity index (χ2n) is 7.16. The number of halogens is 1. The molecule has 1 aliphatic rings. The Hall–Kier alpha value is -2.97. The molecule has 1 atom stereocenters. The first-order valence-corrected chi connectivity index (χ1v) is 10.9. The Balaban J connectivity index is 1.97. The van der Waals surface area contributed by atoms with E-state index in [0.717, 1.165) is 16.8 Å². The van der Waals surface area contributed by atoms with E-state index >= 15 is 0 Å². The van der Waals surface area contributed by atoms with Crippen LogP contribution >= 0.6 is 22.9 Å². The van der Waals surface area contributed by atoms with E-state index in [-0.39, 0.29) is 12.2 Å². The number of allylic oxidation sites excluding steroid dienone is 1. The predicted octanol–water partition coefficient (Wildman–Crippen LogP) is 2.49. The lowest BCUT2D eigenvalue weighted by Gasteiger charge is -2.24. The number of benzene rings is 1. The Kier molecular flexibility index (Phi) is 5.68. The van der Waals surface area contributed by atoms with Gasteiger partial charge in [0, 0.05) is 23.3 Å². The summed E-state index contributed by atoms with van der Waals surface area (Å²) in [5.74, 6) is -0.485. The summed E-state index contributed by atoms with van der Waals surface area (Å²) in [6, 6.07) is 6.46. The maximum Gasteiger partial charge on any atom is 0.338 e. The smallest absolute Gasteiger partial charge is 0.338 e. The van der Waals surface area contributed by atoms with Crippen molar-refractivity contribution in [2.24, 2.45) is 12.0 Å². The van der Waals surface area contributed by atoms with Crippen LogP contribution in [0.1, 0.15) is 36.7 Å². The van der Waals surface area contributed by atoms with Gasteiger partial charge in [-0.25, -0.2) is 9.79 Å². The van der Waals surface area contributed by atoms with Crippen molar-refractivity contribution >= 4 is 35.0 Å². The molecule has 31 heavy (non-hydrogen) atoms. The van der Waals surface area contributed by atoms with Crippen molar-refractivity contribution in [3.05, 3.63) is 83.3 Å². The molecular weight excluding hydrogens is 436 g/mol. The highest BCUT2D eigenvalue weighted by atomic mass is 35.5. The lowest BCUT2D eigenvalue weighted by Crippen LogP contribution is -2.39. The highest BCUT2D eigenvalue weighted by molar-refractivity contribution is 7.07. The number of hydrogen-bond donors (Lipinski definition) is 0. The first kappa shape index (κ1) is 21.3. The van der Waals surface area contributed by atoms with Gasteiger partial charge in [-0.3, -0.25) is 14.0 Å². The fourth-order valence-electron chi connectivity index (χ4n) is 3.55. The first-order valence-electron chi connectivity index (χ1n) is 9.75. The molecule has 0 saturated heterocycles. The average molecular weight is 457 g/mol. The summed E-state index contributed by atoms with van der Waals surface area (Å²) in [7, 11) is 1.85. The second-order valence-corrected chi connectivity index (χ2v) is 8.61. The van der Waals surface area contributed by atoms with Crippen molar-refractivity contribution in [1.29, 1.82) is 0 Å². The van der Waals surface area contributed by atoms with Gasteiger partial charge < -0.3 is 4.74 Å². The van der Waals surface area contributed by atoms with Crippen molar-refractivity contribution in [2.75, 3.05) is 6.61 Å². The van der Waals surface area contributed by atoms with Gasteiger partial charge in [0.05, 0.1) is 34.6 Å². The van der Waals surface area contributed by atoms with E-state index in [1.807, 2.05) is 32.2 Å². The lowest BCUT2D eigenvalue weighted by molar-refractivity contribution is -0.139. The third kappa shape index (κ3) is 3.77. The third-order valence-corrected chi connectivity index (χ3v) is 6.50. The van der Waals surface area contributed by atoms with Gasteiger partial charge >= 0.3 is 5.97 Å². The van der Waals surface area contributed by atoms with E-state index in [9.17, 15) is 9.59 Å². The van der Waals surface area contributed by atoms with Crippen LogP contribution in [0.25, 0.3) is 6.08 Å². The molecule has 0 spiro atoms. The number of rotatable bonds is 4. The molecule has 0 fully saturated rings. The lowest BCUT2D eigenvalue weighted by atomic mass is 9.96. The van der Waals surface area contributed by atoms with Crippen LogP contribution < -0.4 is 14.9 Å². The molecular formula is C22H21ClN4O3S. The van der Waals surface area contributed by atoms with Crippen LogP contribution in [0.15, 0.2) is 51.5 Å². The van der Waals surface area contributed by atoms with Crippen LogP contribution in [0.5, 0.6) is 0 Å². The van der Waals surface area contributed by atoms with Crippen molar-refractivity contribution < 1.29 is 9.53 Å². The first-order chi connectivity index (χ1) is 14.8. The molecule has 0 amide bonds. The van der Waals surface area contributed by atoms with Crippen LogP contribution in [-0.2, 0) is 16.6 Å². The molecule has 1 aromatic carbocycles. The van der Waals surface area contributed by atoms with Crippen LogP contribution in [-0.4, -0.2) is 26.9 Å². The number of carbonyl (C=O) groups is 1. The van der Waals surface area contributed by atoms with Gasteiger partial charge in [-0.15, -0.1) is 0 Å². The summed E-state index contributed by atoms with van der Waals surface area (Å²) < 4.78 is 9.12. The highest BCUT2D eigenvalue weighted by Gasteiger charge is 2.33. The largest absolute Gasteiger partial charge is 0.463 e. The molecule has 7 nitrogen and oxygen atoms in total. The van der Waals surface area contributed by atoms with E-state index in [2.05, 4.69) is 10.1 Å². The number of fused-ring (bicyclic) bond motifs is 1.